The summed E-state index contributed by atoms with van der Waals surface area (Å²) in [5.41, 5.74) is 7.66. The molecule has 1 aromatic heterocycles. The molecule has 0 unspecified atom stereocenters. The van der Waals surface area contributed by atoms with Crippen LogP contribution in [0.3, 0.4) is 0 Å². The predicted molar refractivity (Wildman–Crippen MR) is 102 cm³/mol. The van der Waals surface area contributed by atoms with E-state index in [1.807, 2.05) is 60.7 Å². The van der Waals surface area contributed by atoms with Crippen molar-refractivity contribution in [1.29, 1.82) is 0 Å². The third-order valence-corrected chi connectivity index (χ3v) is 4.28. The summed E-state index contributed by atoms with van der Waals surface area (Å²) >= 11 is 0. The summed E-state index contributed by atoms with van der Waals surface area (Å²) in [5, 5.41) is 3.66. The largest absolute Gasteiger partial charge is 0.368 e. The molecule has 0 aliphatic carbocycles. The van der Waals surface area contributed by atoms with E-state index >= 15 is 0 Å². The second-order valence-electron chi connectivity index (χ2n) is 6.20. The molecule has 1 heterocycles. The number of amides is 2. The van der Waals surface area contributed by atoms with Crippen LogP contribution in [0.15, 0.2) is 66.7 Å². The van der Waals surface area contributed by atoms with Crippen molar-refractivity contribution < 1.29 is 9.59 Å². The number of nitrogens with two attached hydrogens (primary N) is 1. The maximum atomic E-state index is 12.5. The number of hydrogen-bond acceptors (Lipinski definition) is 3. The molecule has 0 fully saturated rings. The Hall–Kier alpha value is -3.21. The molecule has 3 N–H and O–H groups in total. The lowest BCUT2D eigenvalue weighted by Gasteiger charge is -2.15. The number of rotatable bonds is 7. The van der Waals surface area contributed by atoms with Gasteiger partial charge in [0.1, 0.15) is 11.7 Å². The quantitative estimate of drug-likeness (QED) is 0.689. The van der Waals surface area contributed by atoms with Crippen LogP contribution in [-0.2, 0) is 11.2 Å². The first-order valence-electron chi connectivity index (χ1n) is 8.63. The van der Waals surface area contributed by atoms with E-state index in [-0.39, 0.29) is 11.6 Å². The first-order chi connectivity index (χ1) is 12.6. The van der Waals surface area contributed by atoms with Gasteiger partial charge in [-0.15, -0.1) is 0 Å². The van der Waals surface area contributed by atoms with Gasteiger partial charge in [0, 0.05) is 5.39 Å². The second-order valence-corrected chi connectivity index (χ2v) is 6.20. The topological polar surface area (TPSA) is 85.1 Å². The maximum absolute atomic E-state index is 12.5. The number of para-hydroxylation sites is 1. The van der Waals surface area contributed by atoms with Gasteiger partial charge in [-0.05, 0) is 37.0 Å². The lowest BCUT2D eigenvalue weighted by molar-refractivity contribution is -0.120. The second kappa shape index (κ2) is 8.25. The van der Waals surface area contributed by atoms with Crippen LogP contribution in [0.5, 0.6) is 0 Å². The third kappa shape index (κ3) is 4.45. The Morgan fingerprint density at radius 2 is 1.69 bits per heavy atom. The number of carbonyl (C=O) groups excluding carboxylic acids is 2. The van der Waals surface area contributed by atoms with Crippen LogP contribution < -0.4 is 11.1 Å². The van der Waals surface area contributed by atoms with Gasteiger partial charge in [0.05, 0.1) is 5.52 Å². The Morgan fingerprint density at radius 3 is 2.46 bits per heavy atom. The van der Waals surface area contributed by atoms with Crippen LogP contribution >= 0.6 is 0 Å². The summed E-state index contributed by atoms with van der Waals surface area (Å²) < 4.78 is 0. The van der Waals surface area contributed by atoms with Crippen molar-refractivity contribution in [3.8, 4) is 0 Å². The molecule has 0 radical (unpaired) electrons. The molecule has 5 heteroatoms. The zero-order valence-corrected chi connectivity index (χ0v) is 14.4. The van der Waals surface area contributed by atoms with E-state index in [2.05, 4.69) is 10.3 Å². The summed E-state index contributed by atoms with van der Waals surface area (Å²) in [5.74, 6) is -0.925. The van der Waals surface area contributed by atoms with Gasteiger partial charge in [0.2, 0.25) is 5.91 Å². The monoisotopic (exact) mass is 347 g/mol. The highest BCUT2D eigenvalue weighted by Crippen LogP contribution is 2.12. The molecule has 0 bridgehead atoms. The van der Waals surface area contributed by atoms with Gasteiger partial charge in [-0.1, -0.05) is 54.6 Å². The number of primary amides is 1. The molecule has 2 amide bonds. The van der Waals surface area contributed by atoms with Crippen molar-refractivity contribution >= 4 is 22.7 Å². The smallest absolute Gasteiger partial charge is 0.270 e. The lowest BCUT2D eigenvalue weighted by Crippen LogP contribution is -2.44. The molecule has 132 valence electrons. The number of aryl methyl sites for hydroxylation is 1. The van der Waals surface area contributed by atoms with E-state index in [0.29, 0.717) is 6.42 Å². The Bertz CT molecular complexity index is 909. The SMILES string of the molecule is NC(=O)[C@@H](CCCc1ccccc1)NC(=O)c1ccc2ccccc2n1. The van der Waals surface area contributed by atoms with Crippen LogP contribution in [0.2, 0.25) is 0 Å². The first kappa shape index (κ1) is 17.6. The Morgan fingerprint density at radius 1 is 0.962 bits per heavy atom. The van der Waals surface area contributed by atoms with Gasteiger partial charge in [-0.2, -0.15) is 0 Å². The minimum absolute atomic E-state index is 0.276. The molecule has 0 aliphatic heterocycles. The summed E-state index contributed by atoms with van der Waals surface area (Å²) in [6.45, 7) is 0. The van der Waals surface area contributed by atoms with E-state index in [1.54, 1.807) is 6.07 Å². The number of aromatic nitrogens is 1. The van der Waals surface area contributed by atoms with Crippen LogP contribution in [0, 0.1) is 0 Å². The fourth-order valence-corrected chi connectivity index (χ4v) is 2.87. The molecule has 1 atom stereocenters. The van der Waals surface area contributed by atoms with Gasteiger partial charge in [-0.3, -0.25) is 9.59 Å². The minimum atomic E-state index is -0.709. The number of benzene rings is 2. The van der Waals surface area contributed by atoms with Gasteiger partial charge in [0.25, 0.3) is 5.91 Å². The van der Waals surface area contributed by atoms with Crippen molar-refractivity contribution in [2.45, 2.75) is 25.3 Å². The minimum Gasteiger partial charge on any atom is -0.368 e. The standard InChI is InChI=1S/C21H21N3O2/c22-20(25)18(12-6-9-15-7-2-1-3-8-15)24-21(26)19-14-13-16-10-4-5-11-17(16)23-19/h1-5,7-8,10-11,13-14,18H,6,9,12H2,(H2,22,25)(H,24,26)/t18-/m1/s1. The van der Waals surface area contributed by atoms with Crippen molar-refractivity contribution in [3.63, 3.8) is 0 Å². The Balaban J connectivity index is 1.62. The molecule has 26 heavy (non-hydrogen) atoms. The molecule has 0 spiro atoms. The third-order valence-electron chi connectivity index (χ3n) is 4.28. The lowest BCUT2D eigenvalue weighted by atomic mass is 10.0. The molecule has 3 rings (SSSR count). The number of pyridine rings is 1. The Kier molecular flexibility index (Phi) is 5.59. The molecule has 0 saturated carbocycles. The van der Waals surface area contributed by atoms with E-state index in [4.69, 9.17) is 5.73 Å². The molecule has 2 aromatic carbocycles. The highest BCUT2D eigenvalue weighted by atomic mass is 16.2. The van der Waals surface area contributed by atoms with Gasteiger partial charge < -0.3 is 11.1 Å². The molecule has 3 aromatic rings. The summed E-state index contributed by atoms with van der Waals surface area (Å²) in [7, 11) is 0. The summed E-state index contributed by atoms with van der Waals surface area (Å²) in [6.07, 6.45) is 2.07. The number of nitrogens with zero attached hydrogens (tertiary/aromatic N) is 1. The zero-order chi connectivity index (χ0) is 18.4. The number of fused-ring (bicyclic) bond motifs is 1. The van der Waals surface area contributed by atoms with Crippen LogP contribution in [-0.4, -0.2) is 22.8 Å². The van der Waals surface area contributed by atoms with E-state index in [0.717, 1.165) is 23.7 Å². The fourth-order valence-electron chi connectivity index (χ4n) is 2.87. The van der Waals surface area contributed by atoms with Crippen LogP contribution in [0.4, 0.5) is 0 Å². The fraction of sp³-hybridized carbons (Fsp3) is 0.190. The number of nitrogens with one attached hydrogen (secondary N) is 1. The van der Waals surface area contributed by atoms with Crippen molar-refractivity contribution in [3.05, 3.63) is 78.0 Å². The summed E-state index contributed by atoms with van der Waals surface area (Å²) in [4.78, 5) is 28.5. The molecule has 0 aliphatic rings. The van der Waals surface area contributed by atoms with E-state index in [1.165, 1.54) is 5.56 Å². The number of hydrogen-bond donors (Lipinski definition) is 2. The van der Waals surface area contributed by atoms with E-state index in [9.17, 15) is 9.59 Å². The van der Waals surface area contributed by atoms with Crippen LogP contribution in [0.1, 0.15) is 28.9 Å². The van der Waals surface area contributed by atoms with Crippen molar-refractivity contribution in [2.75, 3.05) is 0 Å². The summed E-state index contributed by atoms with van der Waals surface area (Å²) in [6, 6.07) is 20.3. The average molecular weight is 347 g/mol. The Labute approximate surface area is 152 Å². The van der Waals surface area contributed by atoms with E-state index < -0.39 is 11.9 Å². The molecule has 0 saturated heterocycles. The highest BCUT2D eigenvalue weighted by Gasteiger charge is 2.19. The van der Waals surface area contributed by atoms with Crippen molar-refractivity contribution in [2.24, 2.45) is 5.73 Å². The van der Waals surface area contributed by atoms with Gasteiger partial charge in [-0.25, -0.2) is 4.98 Å². The molecular weight excluding hydrogens is 326 g/mol. The molecule has 5 nitrogen and oxygen atoms in total. The van der Waals surface area contributed by atoms with Crippen molar-refractivity contribution in [1.82, 2.24) is 10.3 Å². The maximum Gasteiger partial charge on any atom is 0.270 e. The number of carbonyl (C=O) groups is 2. The van der Waals surface area contributed by atoms with Crippen LogP contribution in [0.25, 0.3) is 10.9 Å². The highest BCUT2D eigenvalue weighted by molar-refractivity contribution is 5.97. The normalized spacial score (nSPS) is 11.8. The average Bonchev–Trinajstić information content (AvgIpc) is 2.67. The van der Waals surface area contributed by atoms with Gasteiger partial charge in [0.15, 0.2) is 0 Å². The first-order valence-corrected chi connectivity index (χ1v) is 8.63. The predicted octanol–water partition coefficient (Wildman–Crippen LogP) is 2.84. The molecular formula is C21H21N3O2. The zero-order valence-electron chi connectivity index (χ0n) is 14.4. The van der Waals surface area contributed by atoms with Gasteiger partial charge >= 0.3 is 0 Å².